The number of aliphatic carboxylic acids is 1. The van der Waals surface area contributed by atoms with Crippen LogP contribution >= 0.6 is 0 Å². The fourth-order valence-corrected chi connectivity index (χ4v) is 0.812. The molecule has 0 heterocycles. The summed E-state index contributed by atoms with van der Waals surface area (Å²) in [6.07, 6.45) is -0.512. The van der Waals surface area contributed by atoms with Crippen molar-refractivity contribution in [2.45, 2.75) is 18.9 Å². The Morgan fingerprint density at radius 3 is 2.57 bits per heavy atom. The van der Waals surface area contributed by atoms with Gasteiger partial charge in [0.15, 0.2) is 6.10 Å². The Bertz CT molecular complexity index is 196. The highest BCUT2D eigenvalue weighted by Gasteiger charge is 2.13. The Labute approximate surface area is 82.3 Å². The van der Waals surface area contributed by atoms with E-state index in [2.05, 4.69) is 10.6 Å². The van der Waals surface area contributed by atoms with Gasteiger partial charge in [0.05, 0.1) is 6.54 Å². The summed E-state index contributed by atoms with van der Waals surface area (Å²) in [5.74, 6) is -1.58. The van der Waals surface area contributed by atoms with Crippen LogP contribution in [0.4, 0.5) is 0 Å². The molecule has 0 spiro atoms. The van der Waals surface area contributed by atoms with Gasteiger partial charge in [-0.2, -0.15) is 0 Å². The summed E-state index contributed by atoms with van der Waals surface area (Å²) >= 11 is 0. The van der Waals surface area contributed by atoms with E-state index in [4.69, 9.17) is 10.2 Å². The first-order valence-electron chi connectivity index (χ1n) is 4.40. The molecule has 14 heavy (non-hydrogen) atoms. The Balaban J connectivity index is 3.48. The molecule has 0 aliphatic heterocycles. The third kappa shape index (κ3) is 6.38. The quantitative estimate of drug-likeness (QED) is 0.380. The molecule has 82 valence electrons. The van der Waals surface area contributed by atoms with Gasteiger partial charge in [-0.25, -0.2) is 4.79 Å². The smallest absolute Gasteiger partial charge is 0.334 e. The van der Waals surface area contributed by atoms with Gasteiger partial charge in [-0.05, 0) is 20.0 Å². The van der Waals surface area contributed by atoms with Crippen molar-refractivity contribution in [3.63, 3.8) is 0 Å². The number of carboxylic acid groups (broad SMARTS) is 1. The van der Waals surface area contributed by atoms with E-state index in [1.54, 1.807) is 7.05 Å². The molecule has 0 aromatic rings. The maximum absolute atomic E-state index is 11.0. The van der Waals surface area contributed by atoms with Crippen molar-refractivity contribution in [3.8, 4) is 0 Å². The van der Waals surface area contributed by atoms with Gasteiger partial charge in [0.2, 0.25) is 5.91 Å². The van der Waals surface area contributed by atoms with E-state index in [1.165, 1.54) is 0 Å². The molecule has 4 N–H and O–H groups in total. The average Bonchev–Trinajstić information content (AvgIpc) is 2.14. The summed E-state index contributed by atoms with van der Waals surface area (Å²) in [7, 11) is 1.78. The minimum atomic E-state index is -1.52. The molecule has 0 saturated heterocycles. The monoisotopic (exact) mass is 204 g/mol. The Morgan fingerprint density at radius 1 is 1.43 bits per heavy atom. The Morgan fingerprint density at radius 2 is 2.07 bits per heavy atom. The molecule has 0 aromatic heterocycles. The molecule has 6 nitrogen and oxygen atoms in total. The Hall–Kier alpha value is -1.14. The lowest BCUT2D eigenvalue weighted by Crippen LogP contribution is -2.36. The van der Waals surface area contributed by atoms with Gasteiger partial charge in [-0.3, -0.25) is 4.79 Å². The fraction of sp³-hybridized carbons (Fsp3) is 0.750. The number of amides is 1. The first kappa shape index (κ1) is 12.9. The van der Waals surface area contributed by atoms with Gasteiger partial charge >= 0.3 is 5.97 Å². The number of hydrogen-bond donors (Lipinski definition) is 4. The number of hydrogen-bond acceptors (Lipinski definition) is 4. The minimum absolute atomic E-state index is 0.242. The van der Waals surface area contributed by atoms with Crippen molar-refractivity contribution in [1.29, 1.82) is 0 Å². The van der Waals surface area contributed by atoms with Crippen molar-refractivity contribution < 1.29 is 19.8 Å². The fourth-order valence-electron chi connectivity index (χ4n) is 0.812. The van der Waals surface area contributed by atoms with Crippen molar-refractivity contribution in [2.75, 3.05) is 20.1 Å². The summed E-state index contributed by atoms with van der Waals surface area (Å²) in [6, 6.07) is 0. The van der Waals surface area contributed by atoms with Crippen LogP contribution in [0.5, 0.6) is 0 Å². The summed E-state index contributed by atoms with van der Waals surface area (Å²) in [6.45, 7) is 0.489. The zero-order chi connectivity index (χ0) is 11.0. The van der Waals surface area contributed by atoms with Crippen LogP contribution in [0.25, 0.3) is 0 Å². The largest absolute Gasteiger partial charge is 0.479 e. The van der Waals surface area contributed by atoms with Crippen LogP contribution in [0.15, 0.2) is 0 Å². The van der Waals surface area contributed by atoms with Crippen LogP contribution in [0.2, 0.25) is 0 Å². The highest BCUT2D eigenvalue weighted by molar-refractivity contribution is 5.77. The second kappa shape index (κ2) is 7.28. The van der Waals surface area contributed by atoms with E-state index in [9.17, 15) is 9.59 Å². The average molecular weight is 204 g/mol. The minimum Gasteiger partial charge on any atom is -0.479 e. The summed E-state index contributed by atoms with van der Waals surface area (Å²) in [5.41, 5.74) is 0. The number of carboxylic acids is 1. The maximum atomic E-state index is 11.0. The third-order valence-corrected chi connectivity index (χ3v) is 1.61. The first-order chi connectivity index (χ1) is 6.57. The van der Waals surface area contributed by atoms with Gasteiger partial charge in [0.1, 0.15) is 0 Å². The van der Waals surface area contributed by atoms with Crippen LogP contribution < -0.4 is 10.6 Å². The zero-order valence-corrected chi connectivity index (χ0v) is 8.12. The molecule has 1 amide bonds. The lowest BCUT2D eigenvalue weighted by atomic mass is 10.3. The molecule has 0 radical (unpaired) electrons. The van der Waals surface area contributed by atoms with Crippen LogP contribution in [0.3, 0.4) is 0 Å². The van der Waals surface area contributed by atoms with Gasteiger partial charge in [-0.15, -0.1) is 0 Å². The summed E-state index contributed by atoms with van der Waals surface area (Å²) in [5, 5.41) is 22.3. The second-order valence-corrected chi connectivity index (χ2v) is 2.87. The molecule has 0 rings (SSSR count). The summed E-state index contributed by atoms with van der Waals surface area (Å²) in [4.78, 5) is 21.2. The maximum Gasteiger partial charge on any atom is 0.334 e. The molecule has 0 aliphatic rings. The van der Waals surface area contributed by atoms with Gasteiger partial charge < -0.3 is 20.8 Å². The van der Waals surface area contributed by atoms with Crippen molar-refractivity contribution >= 4 is 11.9 Å². The van der Waals surface area contributed by atoms with Crippen molar-refractivity contribution in [2.24, 2.45) is 0 Å². The highest BCUT2D eigenvalue weighted by atomic mass is 16.4. The normalized spacial score (nSPS) is 12.1. The predicted molar refractivity (Wildman–Crippen MR) is 49.8 cm³/mol. The summed E-state index contributed by atoms with van der Waals surface area (Å²) < 4.78 is 0. The van der Waals surface area contributed by atoms with E-state index >= 15 is 0 Å². The second-order valence-electron chi connectivity index (χ2n) is 2.87. The molecule has 0 saturated carbocycles. The van der Waals surface area contributed by atoms with Crippen LogP contribution in [0.1, 0.15) is 12.8 Å². The molecular weight excluding hydrogens is 188 g/mol. The lowest BCUT2D eigenvalue weighted by molar-refractivity contribution is -0.146. The highest BCUT2D eigenvalue weighted by Crippen LogP contribution is 1.87. The van der Waals surface area contributed by atoms with Crippen LogP contribution in [-0.2, 0) is 9.59 Å². The van der Waals surface area contributed by atoms with E-state index in [-0.39, 0.29) is 12.5 Å². The third-order valence-electron chi connectivity index (χ3n) is 1.61. The number of rotatable bonds is 7. The van der Waals surface area contributed by atoms with Gasteiger partial charge in [-0.1, -0.05) is 0 Å². The number of aliphatic hydroxyl groups excluding tert-OH is 1. The van der Waals surface area contributed by atoms with E-state index < -0.39 is 12.1 Å². The number of aliphatic hydroxyl groups is 1. The number of carbonyl (C=O) groups excluding carboxylic acids is 1. The molecular formula is C8H16N2O4. The molecule has 0 aliphatic carbocycles. The molecule has 1 unspecified atom stereocenters. The lowest BCUT2D eigenvalue weighted by Gasteiger charge is -2.07. The topological polar surface area (TPSA) is 98.7 Å². The van der Waals surface area contributed by atoms with E-state index in [0.29, 0.717) is 12.8 Å². The van der Waals surface area contributed by atoms with Crippen molar-refractivity contribution in [3.05, 3.63) is 0 Å². The van der Waals surface area contributed by atoms with Crippen LogP contribution in [0, 0.1) is 0 Å². The standard InChI is InChI=1S/C8H16N2O4/c1-9-4-2-3-7(12)10-5-6(11)8(13)14/h6,9,11H,2-5H2,1H3,(H,10,12)(H,13,14). The van der Waals surface area contributed by atoms with E-state index in [1.807, 2.05) is 0 Å². The molecule has 1 atom stereocenters. The number of nitrogens with one attached hydrogen (secondary N) is 2. The van der Waals surface area contributed by atoms with Gasteiger partial charge in [0, 0.05) is 6.42 Å². The molecule has 6 heteroatoms. The van der Waals surface area contributed by atoms with Crippen LogP contribution in [-0.4, -0.2) is 48.3 Å². The molecule has 0 fully saturated rings. The zero-order valence-electron chi connectivity index (χ0n) is 8.12. The van der Waals surface area contributed by atoms with E-state index in [0.717, 1.165) is 6.54 Å². The first-order valence-corrected chi connectivity index (χ1v) is 4.40. The van der Waals surface area contributed by atoms with Crippen molar-refractivity contribution in [1.82, 2.24) is 10.6 Å². The molecule has 0 aromatic carbocycles. The number of carbonyl (C=O) groups is 2. The van der Waals surface area contributed by atoms with Gasteiger partial charge in [0.25, 0.3) is 0 Å². The molecule has 0 bridgehead atoms. The Kier molecular flexibility index (Phi) is 6.69. The predicted octanol–water partition coefficient (Wildman–Crippen LogP) is -1.45. The SMILES string of the molecule is CNCCCC(=O)NCC(O)C(=O)O.